The summed E-state index contributed by atoms with van der Waals surface area (Å²) >= 11 is 5.37. The molecule has 0 atom stereocenters. The number of halogens is 3. The summed E-state index contributed by atoms with van der Waals surface area (Å²) in [7, 11) is 0. The molecule has 1 N–H and O–H groups in total. The zero-order valence-electron chi connectivity index (χ0n) is 9.01. The van der Waals surface area contributed by atoms with Gasteiger partial charge in [-0.3, -0.25) is 4.79 Å². The Bertz CT molecular complexity index is 388. The van der Waals surface area contributed by atoms with Gasteiger partial charge in [0.2, 0.25) is 0 Å². The van der Waals surface area contributed by atoms with Crippen LogP contribution < -0.4 is 5.32 Å². The van der Waals surface area contributed by atoms with Crippen molar-refractivity contribution < 1.29 is 18.3 Å². The molecule has 6 heteroatoms. The Hall–Kier alpha value is -1.20. The van der Waals surface area contributed by atoms with Crippen molar-refractivity contribution >= 4 is 17.5 Å². The molecule has 0 spiro atoms. The number of rotatable bonds is 6. The summed E-state index contributed by atoms with van der Waals surface area (Å²) in [6.07, 6.45) is 0. The second-order valence-electron chi connectivity index (χ2n) is 3.18. The van der Waals surface area contributed by atoms with E-state index in [4.69, 9.17) is 16.3 Å². The molecule has 0 fully saturated rings. The highest BCUT2D eigenvalue weighted by atomic mass is 35.5. The van der Waals surface area contributed by atoms with Crippen LogP contribution in [0.1, 0.15) is 10.4 Å². The van der Waals surface area contributed by atoms with Crippen molar-refractivity contribution in [2.75, 3.05) is 25.6 Å². The molecule has 0 saturated carbocycles. The average Bonchev–Trinajstić information content (AvgIpc) is 2.32. The van der Waals surface area contributed by atoms with Crippen molar-refractivity contribution in [1.82, 2.24) is 5.32 Å². The molecule has 1 aromatic rings. The van der Waals surface area contributed by atoms with E-state index in [-0.39, 0.29) is 18.7 Å². The number of ether oxygens (including phenoxy) is 1. The standard InChI is InChI=1S/C11H12ClF2NO2/c12-3-5-17-6-4-15-11(16)9-7-8(13)1-2-10(9)14/h1-2,7H,3-6H2,(H,15,16). The number of carbonyl (C=O) groups excluding carboxylic acids is 1. The number of amides is 1. The van der Waals surface area contributed by atoms with E-state index in [1.165, 1.54) is 0 Å². The highest BCUT2D eigenvalue weighted by molar-refractivity contribution is 6.17. The maximum atomic E-state index is 13.2. The zero-order valence-corrected chi connectivity index (χ0v) is 9.77. The monoisotopic (exact) mass is 263 g/mol. The van der Waals surface area contributed by atoms with Gasteiger partial charge in [-0.05, 0) is 18.2 Å². The SMILES string of the molecule is O=C(NCCOCCCl)c1cc(F)ccc1F. The van der Waals surface area contributed by atoms with E-state index in [1.807, 2.05) is 0 Å². The van der Waals surface area contributed by atoms with E-state index in [0.717, 1.165) is 18.2 Å². The van der Waals surface area contributed by atoms with E-state index >= 15 is 0 Å². The minimum absolute atomic E-state index is 0.214. The lowest BCUT2D eigenvalue weighted by molar-refractivity contribution is 0.0919. The van der Waals surface area contributed by atoms with Gasteiger partial charge in [0.25, 0.3) is 5.91 Å². The number of alkyl halides is 1. The summed E-state index contributed by atoms with van der Waals surface area (Å²) in [5.74, 6) is -1.72. The van der Waals surface area contributed by atoms with Crippen molar-refractivity contribution in [2.45, 2.75) is 0 Å². The maximum Gasteiger partial charge on any atom is 0.254 e. The lowest BCUT2D eigenvalue weighted by atomic mass is 10.2. The minimum atomic E-state index is -0.759. The molecule has 0 aromatic heterocycles. The summed E-state index contributed by atoms with van der Waals surface area (Å²) in [6.45, 7) is 0.868. The van der Waals surface area contributed by atoms with Crippen molar-refractivity contribution in [1.29, 1.82) is 0 Å². The van der Waals surface area contributed by atoms with Crippen LogP contribution in [0, 0.1) is 11.6 Å². The molecule has 0 unspecified atom stereocenters. The lowest BCUT2D eigenvalue weighted by Crippen LogP contribution is -2.28. The number of hydrogen-bond acceptors (Lipinski definition) is 2. The lowest BCUT2D eigenvalue weighted by Gasteiger charge is -2.06. The molecule has 17 heavy (non-hydrogen) atoms. The molecule has 0 aliphatic rings. The normalized spacial score (nSPS) is 10.3. The van der Waals surface area contributed by atoms with Crippen molar-refractivity contribution in [2.24, 2.45) is 0 Å². The number of carbonyl (C=O) groups is 1. The Morgan fingerprint density at radius 3 is 2.82 bits per heavy atom. The van der Waals surface area contributed by atoms with Crippen LogP contribution >= 0.6 is 11.6 Å². The van der Waals surface area contributed by atoms with E-state index < -0.39 is 17.5 Å². The van der Waals surface area contributed by atoms with Gasteiger partial charge in [0, 0.05) is 12.4 Å². The minimum Gasteiger partial charge on any atom is -0.378 e. The van der Waals surface area contributed by atoms with Crippen LogP contribution in [0.5, 0.6) is 0 Å². The first kappa shape index (κ1) is 13.9. The van der Waals surface area contributed by atoms with Crippen LogP contribution in [-0.2, 0) is 4.74 Å². The van der Waals surface area contributed by atoms with Gasteiger partial charge in [0.1, 0.15) is 11.6 Å². The zero-order chi connectivity index (χ0) is 12.7. The first-order chi connectivity index (χ1) is 8.15. The molecule has 0 saturated heterocycles. The van der Waals surface area contributed by atoms with E-state index in [2.05, 4.69) is 5.32 Å². The average molecular weight is 264 g/mol. The predicted octanol–water partition coefficient (Wildman–Crippen LogP) is 1.95. The summed E-state index contributed by atoms with van der Waals surface area (Å²) in [5.41, 5.74) is -0.317. The van der Waals surface area contributed by atoms with Crippen LogP contribution in [-0.4, -0.2) is 31.5 Å². The third-order valence-corrected chi connectivity index (χ3v) is 2.08. The molecule has 94 valence electrons. The summed E-state index contributed by atoms with van der Waals surface area (Å²) in [6, 6.07) is 2.72. The van der Waals surface area contributed by atoms with Gasteiger partial charge in [0.15, 0.2) is 0 Å². The van der Waals surface area contributed by atoms with Crippen LogP contribution in [0.4, 0.5) is 8.78 Å². The van der Waals surface area contributed by atoms with Gasteiger partial charge < -0.3 is 10.1 Å². The second kappa shape index (κ2) is 7.19. The summed E-state index contributed by atoms with van der Waals surface area (Å²) in [4.78, 5) is 11.5. The Morgan fingerprint density at radius 1 is 1.35 bits per heavy atom. The van der Waals surface area contributed by atoms with Gasteiger partial charge in [0.05, 0.1) is 18.8 Å². The molecule has 0 aliphatic carbocycles. The smallest absolute Gasteiger partial charge is 0.254 e. The van der Waals surface area contributed by atoms with Crippen LogP contribution in [0.15, 0.2) is 18.2 Å². The van der Waals surface area contributed by atoms with Gasteiger partial charge >= 0.3 is 0 Å². The van der Waals surface area contributed by atoms with Crippen molar-refractivity contribution in [3.8, 4) is 0 Å². The molecule has 1 rings (SSSR count). The molecule has 1 aromatic carbocycles. The molecule has 1 amide bonds. The maximum absolute atomic E-state index is 13.2. The molecular formula is C11H12ClF2NO2. The third kappa shape index (κ3) is 4.66. The third-order valence-electron chi connectivity index (χ3n) is 1.93. The van der Waals surface area contributed by atoms with Crippen molar-refractivity contribution in [3.05, 3.63) is 35.4 Å². The first-order valence-corrected chi connectivity index (χ1v) is 5.55. The second-order valence-corrected chi connectivity index (χ2v) is 3.56. The number of nitrogens with one attached hydrogen (secondary N) is 1. The van der Waals surface area contributed by atoms with Crippen LogP contribution in [0.3, 0.4) is 0 Å². The fourth-order valence-electron chi connectivity index (χ4n) is 1.16. The van der Waals surface area contributed by atoms with Gasteiger partial charge in [-0.2, -0.15) is 0 Å². The molecular weight excluding hydrogens is 252 g/mol. The number of benzene rings is 1. The van der Waals surface area contributed by atoms with E-state index in [0.29, 0.717) is 12.5 Å². The molecule has 3 nitrogen and oxygen atoms in total. The fourth-order valence-corrected chi connectivity index (χ4v) is 1.27. The Morgan fingerprint density at radius 2 is 2.12 bits per heavy atom. The predicted molar refractivity (Wildman–Crippen MR) is 60.2 cm³/mol. The van der Waals surface area contributed by atoms with Crippen LogP contribution in [0.25, 0.3) is 0 Å². The molecule has 0 aliphatic heterocycles. The van der Waals surface area contributed by atoms with Gasteiger partial charge in [-0.15, -0.1) is 11.6 Å². The highest BCUT2D eigenvalue weighted by Crippen LogP contribution is 2.09. The molecule has 0 radical (unpaired) electrons. The highest BCUT2D eigenvalue weighted by Gasteiger charge is 2.11. The quantitative estimate of drug-likeness (QED) is 0.629. The first-order valence-electron chi connectivity index (χ1n) is 5.02. The Kier molecular flexibility index (Phi) is 5.86. The Balaban J connectivity index is 2.44. The fraction of sp³-hybridized carbons (Fsp3) is 0.364. The largest absolute Gasteiger partial charge is 0.378 e. The summed E-state index contributed by atoms with van der Waals surface area (Å²) < 4.78 is 31.0. The van der Waals surface area contributed by atoms with E-state index in [1.54, 1.807) is 0 Å². The summed E-state index contributed by atoms with van der Waals surface area (Å²) in [5, 5.41) is 2.41. The number of hydrogen-bond donors (Lipinski definition) is 1. The van der Waals surface area contributed by atoms with Gasteiger partial charge in [-0.25, -0.2) is 8.78 Å². The Labute approximate surface area is 103 Å². The van der Waals surface area contributed by atoms with E-state index in [9.17, 15) is 13.6 Å². The van der Waals surface area contributed by atoms with Gasteiger partial charge in [-0.1, -0.05) is 0 Å². The molecule has 0 heterocycles. The topological polar surface area (TPSA) is 38.3 Å². The van der Waals surface area contributed by atoms with Crippen LogP contribution in [0.2, 0.25) is 0 Å². The van der Waals surface area contributed by atoms with Crippen molar-refractivity contribution in [3.63, 3.8) is 0 Å². The molecule has 0 bridgehead atoms.